The van der Waals surface area contributed by atoms with Gasteiger partial charge in [0.05, 0.1) is 12.5 Å². The molecule has 0 aromatic heterocycles. The fraction of sp³-hybridized carbons (Fsp3) is 0.400. The standard InChI is InChI=1S/C30H38O2/c1-5-7-9-11-13-21-31-29-25-19-15-18-24(4)28(25)30(32-22-14-12-10-8-6-2)26-20-16-17-23(3)27(26)29/h13-22H,5-12H2,1-4H3/b21-13-,22-14-. The second kappa shape index (κ2) is 12.3. The summed E-state index contributed by atoms with van der Waals surface area (Å²) in [5, 5.41) is 4.44. The topological polar surface area (TPSA) is 18.5 Å². The van der Waals surface area contributed by atoms with Gasteiger partial charge in [-0.2, -0.15) is 0 Å². The third kappa shape index (κ3) is 5.73. The number of rotatable bonds is 12. The van der Waals surface area contributed by atoms with Crippen LogP contribution >= 0.6 is 0 Å². The molecule has 0 atom stereocenters. The van der Waals surface area contributed by atoms with Crippen LogP contribution in [0.2, 0.25) is 0 Å². The van der Waals surface area contributed by atoms with Crippen molar-refractivity contribution < 1.29 is 9.47 Å². The summed E-state index contributed by atoms with van der Waals surface area (Å²) in [7, 11) is 0. The number of hydrogen-bond donors (Lipinski definition) is 0. The molecule has 0 heterocycles. The Morgan fingerprint density at radius 2 is 1.06 bits per heavy atom. The molecule has 0 amide bonds. The maximum absolute atomic E-state index is 6.32. The maximum Gasteiger partial charge on any atom is 0.142 e. The van der Waals surface area contributed by atoms with Crippen molar-refractivity contribution in [3.8, 4) is 11.5 Å². The molecule has 0 saturated heterocycles. The number of ether oxygens (including phenoxy) is 2. The van der Waals surface area contributed by atoms with Gasteiger partial charge < -0.3 is 9.47 Å². The van der Waals surface area contributed by atoms with E-state index in [4.69, 9.17) is 9.47 Å². The Morgan fingerprint density at radius 3 is 1.47 bits per heavy atom. The lowest BCUT2D eigenvalue weighted by atomic mass is 9.95. The van der Waals surface area contributed by atoms with Crippen molar-refractivity contribution in [1.29, 1.82) is 0 Å². The van der Waals surface area contributed by atoms with Gasteiger partial charge in [0.25, 0.3) is 0 Å². The van der Waals surface area contributed by atoms with E-state index >= 15 is 0 Å². The normalized spacial score (nSPS) is 11.9. The number of fused-ring (bicyclic) bond motifs is 2. The molecule has 0 unspecified atom stereocenters. The van der Waals surface area contributed by atoms with E-state index in [1.54, 1.807) is 0 Å². The van der Waals surface area contributed by atoms with Gasteiger partial charge in [-0.05, 0) is 62.8 Å². The van der Waals surface area contributed by atoms with Crippen molar-refractivity contribution in [2.24, 2.45) is 0 Å². The molecule has 3 aromatic rings. The van der Waals surface area contributed by atoms with E-state index in [0.29, 0.717) is 0 Å². The van der Waals surface area contributed by atoms with Gasteiger partial charge in [0.1, 0.15) is 11.5 Å². The first-order valence-electron chi connectivity index (χ1n) is 12.3. The number of unbranched alkanes of at least 4 members (excludes halogenated alkanes) is 6. The van der Waals surface area contributed by atoms with Gasteiger partial charge in [-0.25, -0.2) is 0 Å². The van der Waals surface area contributed by atoms with Crippen LogP contribution < -0.4 is 9.47 Å². The summed E-state index contributed by atoms with van der Waals surface area (Å²) in [5.41, 5.74) is 2.38. The van der Waals surface area contributed by atoms with E-state index in [-0.39, 0.29) is 0 Å². The average molecular weight is 431 g/mol. The van der Waals surface area contributed by atoms with Crippen molar-refractivity contribution in [2.75, 3.05) is 0 Å². The highest BCUT2D eigenvalue weighted by molar-refractivity contribution is 6.13. The Balaban J connectivity index is 2.05. The van der Waals surface area contributed by atoms with E-state index in [2.05, 4.69) is 76.2 Å². The largest absolute Gasteiger partial charge is 0.464 e. The minimum Gasteiger partial charge on any atom is -0.464 e. The second-order valence-electron chi connectivity index (χ2n) is 8.62. The van der Waals surface area contributed by atoms with Crippen LogP contribution in [0.3, 0.4) is 0 Å². The van der Waals surface area contributed by atoms with Crippen molar-refractivity contribution >= 4 is 21.5 Å². The van der Waals surface area contributed by atoms with Crippen molar-refractivity contribution in [1.82, 2.24) is 0 Å². The number of hydrogen-bond acceptors (Lipinski definition) is 2. The zero-order chi connectivity index (χ0) is 22.8. The Hall–Kier alpha value is -2.74. The Morgan fingerprint density at radius 1 is 0.625 bits per heavy atom. The molecule has 3 aromatic carbocycles. The molecule has 0 radical (unpaired) electrons. The zero-order valence-corrected chi connectivity index (χ0v) is 20.2. The summed E-state index contributed by atoms with van der Waals surface area (Å²) in [4.78, 5) is 0. The molecule has 32 heavy (non-hydrogen) atoms. The van der Waals surface area contributed by atoms with E-state index in [0.717, 1.165) is 45.9 Å². The molecule has 170 valence electrons. The van der Waals surface area contributed by atoms with Gasteiger partial charge in [0, 0.05) is 21.5 Å². The smallest absolute Gasteiger partial charge is 0.142 e. The van der Waals surface area contributed by atoms with E-state index in [1.807, 2.05) is 12.5 Å². The summed E-state index contributed by atoms with van der Waals surface area (Å²) in [6.07, 6.45) is 17.5. The highest BCUT2D eigenvalue weighted by Crippen LogP contribution is 2.45. The van der Waals surface area contributed by atoms with Gasteiger partial charge in [0.15, 0.2) is 0 Å². The quantitative estimate of drug-likeness (QED) is 0.162. The average Bonchev–Trinajstić information content (AvgIpc) is 2.79. The van der Waals surface area contributed by atoms with Crippen LogP contribution in [0.15, 0.2) is 61.1 Å². The molecule has 0 fully saturated rings. The predicted molar refractivity (Wildman–Crippen MR) is 139 cm³/mol. The molecule has 2 heteroatoms. The minimum atomic E-state index is 0.919. The SMILES string of the molecule is CCCCC/C=C\Oc1c2cccc(C)c2c(O/C=C\CCCCC)c2cccc(C)c12. The van der Waals surface area contributed by atoms with E-state index in [1.165, 1.54) is 49.7 Å². The van der Waals surface area contributed by atoms with Crippen LogP contribution in [0.25, 0.3) is 21.5 Å². The van der Waals surface area contributed by atoms with Gasteiger partial charge >= 0.3 is 0 Å². The van der Waals surface area contributed by atoms with Gasteiger partial charge in [-0.1, -0.05) is 75.9 Å². The first kappa shape index (κ1) is 23.9. The molecule has 0 saturated carbocycles. The monoisotopic (exact) mass is 430 g/mol. The minimum absolute atomic E-state index is 0.919. The van der Waals surface area contributed by atoms with Crippen LogP contribution in [-0.2, 0) is 0 Å². The molecule has 0 N–H and O–H groups in total. The van der Waals surface area contributed by atoms with Gasteiger partial charge in [-0.3, -0.25) is 0 Å². The molecule has 0 aliphatic heterocycles. The van der Waals surface area contributed by atoms with Crippen LogP contribution in [0.1, 0.15) is 76.3 Å². The van der Waals surface area contributed by atoms with Crippen molar-refractivity contribution in [2.45, 2.75) is 79.1 Å². The molecule has 2 nitrogen and oxygen atoms in total. The van der Waals surface area contributed by atoms with Crippen LogP contribution in [0, 0.1) is 13.8 Å². The molecule has 0 bridgehead atoms. The lowest BCUT2D eigenvalue weighted by Crippen LogP contribution is -1.95. The summed E-state index contributed by atoms with van der Waals surface area (Å²) in [6, 6.07) is 12.8. The highest BCUT2D eigenvalue weighted by atomic mass is 16.5. The van der Waals surface area contributed by atoms with E-state index < -0.39 is 0 Å². The predicted octanol–water partition coefficient (Wildman–Crippen LogP) is 9.56. The summed E-state index contributed by atoms with van der Waals surface area (Å²) < 4.78 is 12.6. The molecule has 0 aliphatic rings. The second-order valence-corrected chi connectivity index (χ2v) is 8.62. The molecule has 0 spiro atoms. The lowest BCUT2D eigenvalue weighted by Gasteiger charge is -2.18. The fourth-order valence-corrected chi connectivity index (χ4v) is 4.22. The Kier molecular flexibility index (Phi) is 9.22. The summed E-state index contributed by atoms with van der Waals surface area (Å²) >= 11 is 0. The first-order chi connectivity index (χ1) is 15.7. The van der Waals surface area contributed by atoms with Gasteiger partial charge in [0.2, 0.25) is 0 Å². The van der Waals surface area contributed by atoms with Crippen molar-refractivity contribution in [3.05, 3.63) is 72.2 Å². The van der Waals surface area contributed by atoms with E-state index in [9.17, 15) is 0 Å². The third-order valence-corrected chi connectivity index (χ3v) is 6.00. The molecule has 3 rings (SSSR count). The van der Waals surface area contributed by atoms with Crippen LogP contribution in [-0.4, -0.2) is 0 Å². The Labute approximate surface area is 193 Å². The molecular weight excluding hydrogens is 392 g/mol. The summed E-state index contributed by atoms with van der Waals surface area (Å²) in [6.45, 7) is 8.75. The fourth-order valence-electron chi connectivity index (χ4n) is 4.22. The third-order valence-electron chi connectivity index (χ3n) is 6.00. The maximum atomic E-state index is 6.32. The van der Waals surface area contributed by atoms with Crippen LogP contribution in [0.4, 0.5) is 0 Å². The lowest BCUT2D eigenvalue weighted by molar-refractivity contribution is 0.480. The van der Waals surface area contributed by atoms with Crippen LogP contribution in [0.5, 0.6) is 11.5 Å². The number of allylic oxidation sites excluding steroid dienone is 2. The highest BCUT2D eigenvalue weighted by Gasteiger charge is 2.18. The first-order valence-corrected chi connectivity index (χ1v) is 12.3. The summed E-state index contributed by atoms with van der Waals surface area (Å²) in [5.74, 6) is 1.84. The molecular formula is C30H38O2. The zero-order valence-electron chi connectivity index (χ0n) is 20.2. The van der Waals surface area contributed by atoms with Gasteiger partial charge in [-0.15, -0.1) is 0 Å². The number of aryl methyl sites for hydroxylation is 2. The Bertz CT molecular complexity index is 988. The van der Waals surface area contributed by atoms with Crippen molar-refractivity contribution in [3.63, 3.8) is 0 Å². The molecule has 0 aliphatic carbocycles. The number of benzene rings is 3.